The summed E-state index contributed by atoms with van der Waals surface area (Å²) in [6.07, 6.45) is 2.04. The van der Waals surface area contributed by atoms with Gasteiger partial charge in [-0.2, -0.15) is 0 Å². The first-order valence-corrected chi connectivity index (χ1v) is 6.28. The van der Waals surface area contributed by atoms with Crippen molar-refractivity contribution in [3.8, 4) is 0 Å². The van der Waals surface area contributed by atoms with E-state index in [-0.39, 0.29) is 5.92 Å². The Balaban J connectivity index is 2.78. The monoisotopic (exact) mass is 241 g/mol. The zero-order chi connectivity index (χ0) is 12.8. The SMILES string of the molecule is CCCNC(CC)C(C)c1ccc(F)c(F)c1. The molecule has 0 saturated heterocycles. The van der Waals surface area contributed by atoms with Crippen LogP contribution in [0.4, 0.5) is 8.78 Å². The highest BCUT2D eigenvalue weighted by Crippen LogP contribution is 2.22. The first-order valence-electron chi connectivity index (χ1n) is 6.28. The van der Waals surface area contributed by atoms with Gasteiger partial charge in [0, 0.05) is 6.04 Å². The topological polar surface area (TPSA) is 12.0 Å². The first-order chi connectivity index (χ1) is 8.10. The minimum Gasteiger partial charge on any atom is -0.313 e. The third-order valence-electron chi connectivity index (χ3n) is 3.17. The molecule has 0 saturated carbocycles. The molecule has 0 heterocycles. The second-order valence-electron chi connectivity index (χ2n) is 4.43. The van der Waals surface area contributed by atoms with Crippen molar-refractivity contribution in [1.82, 2.24) is 5.32 Å². The van der Waals surface area contributed by atoms with Crippen molar-refractivity contribution < 1.29 is 8.78 Å². The molecule has 0 amide bonds. The third-order valence-corrected chi connectivity index (χ3v) is 3.17. The molecular weight excluding hydrogens is 220 g/mol. The molecule has 0 aromatic heterocycles. The fourth-order valence-electron chi connectivity index (χ4n) is 2.03. The van der Waals surface area contributed by atoms with Crippen molar-refractivity contribution in [2.75, 3.05) is 6.54 Å². The van der Waals surface area contributed by atoms with E-state index in [9.17, 15) is 8.78 Å². The third kappa shape index (κ3) is 3.77. The lowest BCUT2D eigenvalue weighted by Gasteiger charge is -2.24. The van der Waals surface area contributed by atoms with Crippen molar-refractivity contribution >= 4 is 0 Å². The normalized spacial score (nSPS) is 14.6. The van der Waals surface area contributed by atoms with E-state index < -0.39 is 11.6 Å². The van der Waals surface area contributed by atoms with Crippen LogP contribution >= 0.6 is 0 Å². The van der Waals surface area contributed by atoms with Crippen molar-refractivity contribution in [1.29, 1.82) is 0 Å². The molecule has 1 aromatic carbocycles. The molecule has 0 aliphatic carbocycles. The highest BCUT2D eigenvalue weighted by Gasteiger charge is 2.17. The summed E-state index contributed by atoms with van der Waals surface area (Å²) in [5.41, 5.74) is 0.847. The molecular formula is C14H21F2N. The molecule has 0 bridgehead atoms. The molecule has 2 atom stereocenters. The van der Waals surface area contributed by atoms with Crippen LogP contribution in [0.15, 0.2) is 18.2 Å². The quantitative estimate of drug-likeness (QED) is 0.797. The Morgan fingerprint density at radius 2 is 1.88 bits per heavy atom. The van der Waals surface area contributed by atoms with Gasteiger partial charge in [-0.3, -0.25) is 0 Å². The fraction of sp³-hybridized carbons (Fsp3) is 0.571. The highest BCUT2D eigenvalue weighted by atomic mass is 19.2. The molecule has 1 rings (SSSR count). The lowest BCUT2D eigenvalue weighted by atomic mass is 9.91. The lowest BCUT2D eigenvalue weighted by Crippen LogP contribution is -2.33. The molecule has 1 nitrogen and oxygen atoms in total. The largest absolute Gasteiger partial charge is 0.313 e. The summed E-state index contributed by atoms with van der Waals surface area (Å²) in [5, 5.41) is 3.44. The van der Waals surface area contributed by atoms with E-state index in [0.717, 1.165) is 24.9 Å². The molecule has 1 N–H and O–H groups in total. The van der Waals surface area contributed by atoms with Gasteiger partial charge in [-0.15, -0.1) is 0 Å². The van der Waals surface area contributed by atoms with Gasteiger partial charge < -0.3 is 5.32 Å². The van der Waals surface area contributed by atoms with Crippen LogP contribution in [0.5, 0.6) is 0 Å². The van der Waals surface area contributed by atoms with E-state index in [4.69, 9.17) is 0 Å². The predicted molar refractivity (Wildman–Crippen MR) is 67.1 cm³/mol. The van der Waals surface area contributed by atoms with Gasteiger partial charge in [0.05, 0.1) is 0 Å². The van der Waals surface area contributed by atoms with E-state index in [1.165, 1.54) is 12.1 Å². The van der Waals surface area contributed by atoms with Crippen LogP contribution in [0.25, 0.3) is 0 Å². The van der Waals surface area contributed by atoms with Crippen LogP contribution < -0.4 is 5.32 Å². The van der Waals surface area contributed by atoms with Gasteiger partial charge in [-0.05, 0) is 43.0 Å². The van der Waals surface area contributed by atoms with Crippen LogP contribution in [0.2, 0.25) is 0 Å². The second kappa shape index (κ2) is 6.70. The molecule has 0 spiro atoms. The molecule has 96 valence electrons. The number of rotatable bonds is 6. The maximum Gasteiger partial charge on any atom is 0.159 e. The molecule has 3 heteroatoms. The number of hydrogen-bond acceptors (Lipinski definition) is 1. The second-order valence-corrected chi connectivity index (χ2v) is 4.43. The summed E-state index contributed by atoms with van der Waals surface area (Å²) >= 11 is 0. The minimum absolute atomic E-state index is 0.182. The Hall–Kier alpha value is -0.960. The van der Waals surface area contributed by atoms with Crippen LogP contribution in [-0.4, -0.2) is 12.6 Å². The maximum atomic E-state index is 13.2. The highest BCUT2D eigenvalue weighted by molar-refractivity contribution is 5.22. The van der Waals surface area contributed by atoms with Crippen molar-refractivity contribution in [3.63, 3.8) is 0 Å². The van der Waals surface area contributed by atoms with E-state index in [2.05, 4.69) is 19.2 Å². The average molecular weight is 241 g/mol. The summed E-state index contributed by atoms with van der Waals surface area (Å²) in [7, 11) is 0. The smallest absolute Gasteiger partial charge is 0.159 e. The van der Waals surface area contributed by atoms with Crippen LogP contribution in [0.1, 0.15) is 45.1 Å². The summed E-state index contributed by atoms with van der Waals surface area (Å²) < 4.78 is 26.0. The molecule has 1 aromatic rings. The zero-order valence-electron chi connectivity index (χ0n) is 10.8. The number of halogens is 2. The van der Waals surface area contributed by atoms with Gasteiger partial charge >= 0.3 is 0 Å². The van der Waals surface area contributed by atoms with Crippen LogP contribution in [0, 0.1) is 11.6 Å². The summed E-state index contributed by atoms with van der Waals surface area (Å²) in [6.45, 7) is 7.21. The lowest BCUT2D eigenvalue weighted by molar-refractivity contribution is 0.434. The minimum atomic E-state index is -0.782. The van der Waals surface area contributed by atoms with Gasteiger partial charge in [0.15, 0.2) is 11.6 Å². The molecule has 0 aliphatic rings. The van der Waals surface area contributed by atoms with E-state index in [0.29, 0.717) is 6.04 Å². The standard InChI is InChI=1S/C14H21F2N/c1-4-8-17-14(5-2)10(3)11-6-7-12(15)13(16)9-11/h6-7,9-10,14,17H,4-5,8H2,1-3H3. The van der Waals surface area contributed by atoms with E-state index in [1.54, 1.807) is 6.07 Å². The summed E-state index contributed by atoms with van der Waals surface area (Å²) in [6, 6.07) is 4.48. The molecule has 0 radical (unpaired) electrons. The van der Waals surface area contributed by atoms with Gasteiger partial charge in [0.2, 0.25) is 0 Å². The molecule has 0 aliphatic heterocycles. The number of nitrogens with one attached hydrogen (secondary N) is 1. The van der Waals surface area contributed by atoms with Gasteiger partial charge in [0.25, 0.3) is 0 Å². The number of benzene rings is 1. The summed E-state index contributed by atoms with van der Waals surface area (Å²) in [5.74, 6) is -1.36. The molecule has 2 unspecified atom stereocenters. The summed E-state index contributed by atoms with van der Waals surface area (Å²) in [4.78, 5) is 0. The Labute approximate surface area is 102 Å². The Morgan fingerprint density at radius 1 is 1.18 bits per heavy atom. The van der Waals surface area contributed by atoms with Gasteiger partial charge in [-0.1, -0.05) is 26.8 Å². The van der Waals surface area contributed by atoms with Gasteiger partial charge in [0.1, 0.15) is 0 Å². The van der Waals surface area contributed by atoms with Crippen molar-refractivity contribution in [2.24, 2.45) is 0 Å². The number of hydrogen-bond donors (Lipinski definition) is 1. The van der Waals surface area contributed by atoms with Crippen LogP contribution in [-0.2, 0) is 0 Å². The molecule has 17 heavy (non-hydrogen) atoms. The van der Waals surface area contributed by atoms with Crippen molar-refractivity contribution in [2.45, 2.75) is 45.6 Å². The van der Waals surface area contributed by atoms with Crippen molar-refractivity contribution in [3.05, 3.63) is 35.4 Å². The van der Waals surface area contributed by atoms with E-state index >= 15 is 0 Å². The fourth-order valence-corrected chi connectivity index (χ4v) is 2.03. The Morgan fingerprint density at radius 3 is 2.41 bits per heavy atom. The molecule has 0 fully saturated rings. The first kappa shape index (κ1) is 14.1. The maximum absolute atomic E-state index is 13.2. The van der Waals surface area contributed by atoms with Gasteiger partial charge in [-0.25, -0.2) is 8.78 Å². The Bertz CT molecular complexity index is 352. The zero-order valence-corrected chi connectivity index (χ0v) is 10.8. The van der Waals surface area contributed by atoms with E-state index in [1.807, 2.05) is 6.92 Å². The predicted octanol–water partition coefficient (Wildman–Crippen LogP) is 3.85. The average Bonchev–Trinajstić information content (AvgIpc) is 2.33. The Kier molecular flexibility index (Phi) is 5.56. The van der Waals surface area contributed by atoms with Crippen LogP contribution in [0.3, 0.4) is 0 Å².